The number of hydrogen-bond acceptors (Lipinski definition) is 4. The van der Waals surface area contributed by atoms with Crippen molar-refractivity contribution in [3.05, 3.63) is 0 Å². The number of terminal acetylenes is 1. The molecule has 0 spiro atoms. The SMILES string of the molecule is C#CC1CCOS(=O)(=S)S1. The zero-order chi connectivity index (χ0) is 7.61. The highest BCUT2D eigenvalue weighted by Crippen LogP contribution is 2.28. The Hall–Kier alpha value is 0.240. The molecule has 10 heavy (non-hydrogen) atoms. The van der Waals surface area contributed by atoms with E-state index in [1.807, 2.05) is 0 Å². The lowest BCUT2D eigenvalue weighted by Gasteiger charge is -2.17. The van der Waals surface area contributed by atoms with Crippen molar-refractivity contribution in [1.82, 2.24) is 0 Å². The Morgan fingerprint density at radius 2 is 2.60 bits per heavy atom. The molecule has 0 bridgehead atoms. The van der Waals surface area contributed by atoms with Crippen LogP contribution in [0.1, 0.15) is 6.42 Å². The molecule has 1 rings (SSSR count). The van der Waals surface area contributed by atoms with Gasteiger partial charge in [-0.1, -0.05) is 5.92 Å². The maximum atomic E-state index is 11.0. The highest BCUT2D eigenvalue weighted by molar-refractivity contribution is 8.84. The molecule has 0 aromatic heterocycles. The zero-order valence-electron chi connectivity index (χ0n) is 5.11. The molecule has 1 fully saturated rings. The third-order valence-electron chi connectivity index (χ3n) is 1.03. The van der Waals surface area contributed by atoms with Gasteiger partial charge in [0.25, 0.3) is 0 Å². The smallest absolute Gasteiger partial charge is 0.199 e. The average molecular weight is 194 g/mol. The summed E-state index contributed by atoms with van der Waals surface area (Å²) in [4.78, 5) is 0. The first kappa shape index (κ1) is 8.34. The molecule has 5 heteroatoms. The van der Waals surface area contributed by atoms with E-state index in [-0.39, 0.29) is 5.25 Å². The van der Waals surface area contributed by atoms with Crippen LogP contribution in [0.3, 0.4) is 0 Å². The standard InChI is InChI=1S/C5H6O2S3/c1-2-5-3-4-7-10(6,8)9-5/h1,5H,3-4H2. The highest BCUT2D eigenvalue weighted by atomic mass is 33.4. The summed E-state index contributed by atoms with van der Waals surface area (Å²) in [7, 11) is -1.46. The Kier molecular flexibility index (Phi) is 2.58. The van der Waals surface area contributed by atoms with Crippen LogP contribution in [0.2, 0.25) is 0 Å². The largest absolute Gasteiger partial charge is 0.282 e. The number of rotatable bonds is 0. The van der Waals surface area contributed by atoms with Crippen LogP contribution in [0.4, 0.5) is 0 Å². The first-order valence-corrected chi connectivity index (χ1v) is 6.48. The van der Waals surface area contributed by atoms with E-state index in [4.69, 9.17) is 10.6 Å². The van der Waals surface area contributed by atoms with Gasteiger partial charge in [-0.25, -0.2) is 4.21 Å². The second-order valence-electron chi connectivity index (χ2n) is 1.77. The van der Waals surface area contributed by atoms with Crippen LogP contribution >= 0.6 is 10.8 Å². The van der Waals surface area contributed by atoms with Crippen molar-refractivity contribution in [1.29, 1.82) is 0 Å². The predicted molar refractivity (Wildman–Crippen MR) is 46.3 cm³/mol. The van der Waals surface area contributed by atoms with E-state index < -0.39 is 7.80 Å². The van der Waals surface area contributed by atoms with Gasteiger partial charge in [0.15, 0.2) is 7.80 Å². The van der Waals surface area contributed by atoms with E-state index in [0.29, 0.717) is 6.61 Å². The van der Waals surface area contributed by atoms with Crippen LogP contribution in [0, 0.1) is 12.3 Å². The zero-order valence-corrected chi connectivity index (χ0v) is 7.56. The van der Waals surface area contributed by atoms with E-state index in [9.17, 15) is 4.21 Å². The van der Waals surface area contributed by atoms with Gasteiger partial charge in [0, 0.05) is 11.2 Å². The van der Waals surface area contributed by atoms with Gasteiger partial charge < -0.3 is 0 Å². The minimum atomic E-state index is -2.54. The Labute approximate surface area is 69.0 Å². The van der Waals surface area contributed by atoms with Crippen molar-refractivity contribution >= 4 is 29.8 Å². The molecule has 1 aliphatic heterocycles. The summed E-state index contributed by atoms with van der Waals surface area (Å²) >= 11 is 4.61. The molecule has 56 valence electrons. The summed E-state index contributed by atoms with van der Waals surface area (Å²) in [6, 6.07) is 0. The fourth-order valence-electron chi connectivity index (χ4n) is 0.586. The Bertz CT molecular complexity index is 249. The van der Waals surface area contributed by atoms with Gasteiger partial charge in [0.05, 0.1) is 11.9 Å². The molecular formula is C5H6O2S3. The van der Waals surface area contributed by atoms with Crippen molar-refractivity contribution in [2.24, 2.45) is 0 Å². The minimum absolute atomic E-state index is 0.0289. The van der Waals surface area contributed by atoms with E-state index in [0.717, 1.165) is 17.2 Å². The fraction of sp³-hybridized carbons (Fsp3) is 0.600. The summed E-state index contributed by atoms with van der Waals surface area (Å²) in [5.41, 5.74) is 0. The molecule has 0 saturated carbocycles. The summed E-state index contributed by atoms with van der Waals surface area (Å²) in [6.45, 7) is 0.421. The summed E-state index contributed by atoms with van der Waals surface area (Å²) in [5, 5.41) is -0.0289. The van der Waals surface area contributed by atoms with Crippen molar-refractivity contribution in [2.45, 2.75) is 11.7 Å². The lowest BCUT2D eigenvalue weighted by molar-refractivity contribution is 0.345. The molecule has 0 aromatic carbocycles. The third-order valence-corrected chi connectivity index (χ3v) is 5.01. The van der Waals surface area contributed by atoms with Crippen LogP contribution < -0.4 is 0 Å². The molecule has 2 unspecified atom stereocenters. The molecule has 0 aromatic rings. The third kappa shape index (κ3) is 2.13. The molecule has 0 aliphatic carbocycles. The van der Waals surface area contributed by atoms with Crippen molar-refractivity contribution in [2.75, 3.05) is 6.61 Å². The molecular weight excluding hydrogens is 188 g/mol. The minimum Gasteiger partial charge on any atom is -0.282 e. The monoisotopic (exact) mass is 194 g/mol. The highest BCUT2D eigenvalue weighted by Gasteiger charge is 2.21. The van der Waals surface area contributed by atoms with Crippen molar-refractivity contribution in [3.63, 3.8) is 0 Å². The van der Waals surface area contributed by atoms with Gasteiger partial charge in [-0.15, -0.1) is 6.42 Å². The second-order valence-corrected chi connectivity index (χ2v) is 7.43. The average Bonchev–Trinajstić information content (AvgIpc) is 1.86. The van der Waals surface area contributed by atoms with Crippen LogP contribution in [0.25, 0.3) is 0 Å². The van der Waals surface area contributed by atoms with Crippen molar-refractivity contribution < 1.29 is 8.39 Å². The van der Waals surface area contributed by atoms with Crippen LogP contribution in [-0.4, -0.2) is 16.1 Å². The normalized spacial score (nSPS) is 40.5. The van der Waals surface area contributed by atoms with E-state index >= 15 is 0 Å². The van der Waals surface area contributed by atoms with Crippen molar-refractivity contribution in [3.8, 4) is 12.3 Å². The Morgan fingerprint density at radius 3 is 3.00 bits per heavy atom. The van der Waals surface area contributed by atoms with Gasteiger partial charge in [-0.05, 0) is 17.2 Å². The quantitative estimate of drug-likeness (QED) is 0.419. The lowest BCUT2D eigenvalue weighted by Crippen LogP contribution is -2.16. The topological polar surface area (TPSA) is 26.3 Å². The van der Waals surface area contributed by atoms with Gasteiger partial charge in [-0.3, -0.25) is 4.18 Å². The molecule has 1 aliphatic rings. The predicted octanol–water partition coefficient (Wildman–Crippen LogP) is 0.718. The lowest BCUT2D eigenvalue weighted by atomic mass is 10.3. The molecule has 1 saturated heterocycles. The van der Waals surface area contributed by atoms with Crippen LogP contribution in [0.15, 0.2) is 0 Å². The van der Waals surface area contributed by atoms with Gasteiger partial charge in [0.2, 0.25) is 0 Å². The molecule has 0 N–H and O–H groups in total. The molecule has 0 radical (unpaired) electrons. The van der Waals surface area contributed by atoms with Crippen LogP contribution in [-0.2, 0) is 23.2 Å². The Balaban J connectivity index is 2.67. The summed E-state index contributed by atoms with van der Waals surface area (Å²) in [6.07, 6.45) is 5.87. The van der Waals surface area contributed by atoms with Gasteiger partial charge in [0.1, 0.15) is 0 Å². The van der Waals surface area contributed by atoms with Gasteiger partial charge >= 0.3 is 0 Å². The first-order chi connectivity index (χ1) is 4.64. The van der Waals surface area contributed by atoms with E-state index in [1.54, 1.807) is 0 Å². The van der Waals surface area contributed by atoms with Crippen LogP contribution in [0.5, 0.6) is 0 Å². The Morgan fingerprint density at radius 1 is 1.90 bits per heavy atom. The first-order valence-electron chi connectivity index (χ1n) is 2.68. The summed E-state index contributed by atoms with van der Waals surface area (Å²) in [5.74, 6) is 2.50. The fourth-order valence-corrected chi connectivity index (χ4v) is 4.21. The molecule has 1 heterocycles. The molecule has 2 nitrogen and oxygen atoms in total. The van der Waals surface area contributed by atoms with E-state index in [1.165, 1.54) is 0 Å². The maximum absolute atomic E-state index is 11.0. The van der Waals surface area contributed by atoms with Gasteiger partial charge in [-0.2, -0.15) is 0 Å². The maximum Gasteiger partial charge on any atom is 0.199 e. The molecule has 2 atom stereocenters. The van der Waals surface area contributed by atoms with E-state index in [2.05, 4.69) is 17.1 Å². The second kappa shape index (κ2) is 3.09. The number of hydrogen-bond donors (Lipinski definition) is 0. The summed E-state index contributed by atoms with van der Waals surface area (Å²) < 4.78 is 15.8. The molecule has 0 amide bonds.